The zero-order chi connectivity index (χ0) is 26.6. The van der Waals surface area contributed by atoms with Crippen molar-refractivity contribution < 1.29 is 69.3 Å². The number of methoxy groups -OCH3 is 1. The van der Waals surface area contributed by atoms with Crippen LogP contribution in [0.4, 0.5) is 0 Å². The van der Waals surface area contributed by atoms with Crippen LogP contribution in [0.1, 0.15) is 5.56 Å². The van der Waals surface area contributed by atoms with Crippen molar-refractivity contribution in [3.63, 3.8) is 0 Å². The van der Waals surface area contributed by atoms with Gasteiger partial charge in [0.2, 0.25) is 5.79 Å². The molecule has 2 heterocycles. The Bertz CT molecular complexity index is 922. The third-order valence-electron chi connectivity index (χ3n) is 5.90. The summed E-state index contributed by atoms with van der Waals surface area (Å²) < 4.78 is 26.0. The number of phenolic OH excluding ortho intramolecular Hbond substituents is 1. The Kier molecular flexibility index (Phi) is 9.23. The number of ether oxygens (including phenoxy) is 5. The zero-order valence-corrected chi connectivity index (χ0v) is 19.2. The first-order chi connectivity index (χ1) is 17.1. The molecule has 36 heavy (non-hydrogen) atoms. The van der Waals surface area contributed by atoms with Gasteiger partial charge in [-0.3, -0.25) is 0 Å². The first-order valence-corrected chi connectivity index (χ1v) is 10.9. The maximum absolute atomic E-state index is 12.1. The number of benzene rings is 1. The van der Waals surface area contributed by atoms with Gasteiger partial charge in [0.25, 0.3) is 0 Å². The third kappa shape index (κ3) is 5.78. The molecule has 0 aromatic heterocycles. The summed E-state index contributed by atoms with van der Waals surface area (Å²) >= 11 is 0. The lowest BCUT2D eigenvalue weighted by Gasteiger charge is -2.43. The first kappa shape index (κ1) is 28.2. The molecule has 202 valence electrons. The standard InChI is InChI=1S/C22H30O14/c1-32-12-6-10(2-4-11(12)25)3-5-15(26)33-8-14-17(28)20(31)22(9-24,35-14)36-21-19(30)18(29)16(27)13(7-23)34-21/h2-6,13-14,16-21,23-25,27-31H,7-9H2,1H3/b5-3+/t13-,14-,16+,17-,18+,19+,20-,21+,22+/m0/s1. The molecule has 2 aliphatic heterocycles. The van der Waals surface area contributed by atoms with Gasteiger partial charge in [-0.2, -0.15) is 0 Å². The minimum Gasteiger partial charge on any atom is -0.504 e. The number of rotatable bonds is 9. The Balaban J connectivity index is 1.63. The van der Waals surface area contributed by atoms with Gasteiger partial charge in [-0.15, -0.1) is 0 Å². The highest BCUT2D eigenvalue weighted by Crippen LogP contribution is 2.36. The van der Waals surface area contributed by atoms with E-state index < -0.39 is 80.6 Å². The van der Waals surface area contributed by atoms with Crippen LogP contribution in [-0.2, 0) is 23.7 Å². The molecule has 3 rings (SSSR count). The molecule has 14 heteroatoms. The fourth-order valence-corrected chi connectivity index (χ4v) is 3.79. The number of carbonyl (C=O) groups is 1. The van der Waals surface area contributed by atoms with Crippen LogP contribution < -0.4 is 4.74 Å². The first-order valence-electron chi connectivity index (χ1n) is 10.9. The van der Waals surface area contributed by atoms with E-state index in [2.05, 4.69) is 0 Å². The number of hydrogen-bond donors (Lipinski definition) is 8. The topological polar surface area (TPSA) is 225 Å². The van der Waals surface area contributed by atoms with Gasteiger partial charge in [-0.25, -0.2) is 4.79 Å². The van der Waals surface area contributed by atoms with Crippen molar-refractivity contribution in [2.75, 3.05) is 26.9 Å². The van der Waals surface area contributed by atoms with E-state index in [1.165, 1.54) is 31.4 Å². The van der Waals surface area contributed by atoms with Crippen LogP contribution in [0.15, 0.2) is 24.3 Å². The summed E-state index contributed by atoms with van der Waals surface area (Å²) in [6.45, 7) is -2.36. The van der Waals surface area contributed by atoms with Crippen molar-refractivity contribution in [3.05, 3.63) is 29.8 Å². The summed E-state index contributed by atoms with van der Waals surface area (Å²) in [7, 11) is 1.37. The molecule has 2 saturated heterocycles. The maximum Gasteiger partial charge on any atom is 0.330 e. The van der Waals surface area contributed by atoms with Crippen LogP contribution in [0.3, 0.4) is 0 Å². The van der Waals surface area contributed by atoms with Crippen LogP contribution in [0.2, 0.25) is 0 Å². The number of carbonyl (C=O) groups excluding carboxylic acids is 1. The molecule has 8 N–H and O–H groups in total. The summed E-state index contributed by atoms with van der Waals surface area (Å²) in [6, 6.07) is 4.37. The van der Waals surface area contributed by atoms with E-state index in [4.69, 9.17) is 23.7 Å². The number of phenols is 1. The normalized spacial score (nSPS) is 36.8. The second-order valence-electron chi connectivity index (χ2n) is 8.27. The molecular weight excluding hydrogens is 488 g/mol. The largest absolute Gasteiger partial charge is 0.504 e. The molecular formula is C22H30O14. The minimum absolute atomic E-state index is 0.0820. The van der Waals surface area contributed by atoms with E-state index in [-0.39, 0.29) is 11.5 Å². The van der Waals surface area contributed by atoms with Crippen LogP contribution in [0.25, 0.3) is 6.08 Å². The Hall–Kier alpha value is -2.37. The van der Waals surface area contributed by atoms with E-state index in [9.17, 15) is 45.6 Å². The Morgan fingerprint density at radius 2 is 1.78 bits per heavy atom. The van der Waals surface area contributed by atoms with Crippen LogP contribution in [0.5, 0.6) is 11.5 Å². The second kappa shape index (κ2) is 11.8. The summed E-state index contributed by atoms with van der Waals surface area (Å²) in [5.41, 5.74) is 0.515. The van der Waals surface area contributed by atoms with E-state index in [0.29, 0.717) is 5.56 Å². The van der Waals surface area contributed by atoms with Crippen molar-refractivity contribution >= 4 is 12.0 Å². The Morgan fingerprint density at radius 3 is 2.42 bits per heavy atom. The van der Waals surface area contributed by atoms with Gasteiger partial charge >= 0.3 is 5.97 Å². The van der Waals surface area contributed by atoms with Crippen molar-refractivity contribution in [1.29, 1.82) is 0 Å². The lowest BCUT2D eigenvalue weighted by atomic mass is 9.99. The molecule has 1 aromatic carbocycles. The van der Waals surface area contributed by atoms with Crippen molar-refractivity contribution in [2.24, 2.45) is 0 Å². The second-order valence-corrected chi connectivity index (χ2v) is 8.27. The van der Waals surface area contributed by atoms with E-state index in [1.807, 2.05) is 0 Å². The van der Waals surface area contributed by atoms with Gasteiger partial charge in [0.05, 0.1) is 13.7 Å². The molecule has 14 nitrogen and oxygen atoms in total. The van der Waals surface area contributed by atoms with Crippen molar-refractivity contribution in [2.45, 2.75) is 54.8 Å². The van der Waals surface area contributed by atoms with Gasteiger partial charge in [-0.1, -0.05) is 6.07 Å². The summed E-state index contributed by atoms with van der Waals surface area (Å²) in [4.78, 5) is 12.1. The fourth-order valence-electron chi connectivity index (χ4n) is 3.79. The average Bonchev–Trinajstić information content (AvgIpc) is 3.12. The monoisotopic (exact) mass is 518 g/mol. The molecule has 0 spiro atoms. The lowest BCUT2D eigenvalue weighted by molar-refractivity contribution is -0.383. The van der Waals surface area contributed by atoms with Gasteiger partial charge in [0.15, 0.2) is 17.8 Å². The molecule has 2 fully saturated rings. The molecule has 0 saturated carbocycles. The van der Waals surface area contributed by atoms with Gasteiger partial charge in [0, 0.05) is 6.08 Å². The lowest BCUT2D eigenvalue weighted by Crippen LogP contribution is -2.62. The molecule has 0 radical (unpaired) electrons. The van der Waals surface area contributed by atoms with Crippen LogP contribution >= 0.6 is 0 Å². The van der Waals surface area contributed by atoms with Crippen molar-refractivity contribution in [1.82, 2.24) is 0 Å². The summed E-state index contributed by atoms with van der Waals surface area (Å²) in [5.74, 6) is -3.09. The van der Waals surface area contributed by atoms with Gasteiger partial charge in [-0.05, 0) is 23.8 Å². The molecule has 9 atom stereocenters. The van der Waals surface area contributed by atoms with E-state index in [0.717, 1.165) is 6.08 Å². The van der Waals surface area contributed by atoms with Gasteiger partial charge in [0.1, 0.15) is 55.9 Å². The highest BCUT2D eigenvalue weighted by atomic mass is 16.8. The van der Waals surface area contributed by atoms with E-state index >= 15 is 0 Å². The predicted molar refractivity (Wildman–Crippen MR) is 116 cm³/mol. The predicted octanol–water partition coefficient (Wildman–Crippen LogP) is -3.42. The fraction of sp³-hybridized carbons (Fsp3) is 0.591. The summed E-state index contributed by atoms with van der Waals surface area (Å²) in [6.07, 6.45) is -11.0. The number of aliphatic hydroxyl groups excluding tert-OH is 7. The Morgan fingerprint density at radius 1 is 1.06 bits per heavy atom. The quantitative estimate of drug-likeness (QED) is 0.118. The molecule has 0 aliphatic carbocycles. The van der Waals surface area contributed by atoms with Crippen LogP contribution in [-0.4, -0.2) is 129 Å². The average molecular weight is 518 g/mol. The number of hydrogen-bond acceptors (Lipinski definition) is 14. The Labute approximate surface area is 205 Å². The number of aliphatic hydroxyl groups is 7. The SMILES string of the molecule is COc1cc(/C=C/C(=O)OC[C@@H]2O[C@](CO)(O[C@H]3O[C@@H](CO)[C@@H](O)[C@@H](O)[C@H]3O)[C@@H](O)[C@H]2O)ccc1O. The molecule has 0 bridgehead atoms. The smallest absolute Gasteiger partial charge is 0.330 e. The molecule has 1 aromatic rings. The minimum atomic E-state index is -2.36. The highest BCUT2D eigenvalue weighted by molar-refractivity contribution is 5.87. The maximum atomic E-state index is 12.1. The van der Waals surface area contributed by atoms with E-state index in [1.54, 1.807) is 0 Å². The molecule has 0 unspecified atom stereocenters. The number of aromatic hydroxyl groups is 1. The highest BCUT2D eigenvalue weighted by Gasteiger charge is 2.58. The summed E-state index contributed by atoms with van der Waals surface area (Å²) in [5, 5.41) is 79.6. The molecule has 2 aliphatic rings. The molecule has 0 amide bonds. The van der Waals surface area contributed by atoms with Crippen molar-refractivity contribution in [3.8, 4) is 11.5 Å². The van der Waals surface area contributed by atoms with Crippen LogP contribution in [0, 0.1) is 0 Å². The number of esters is 1. The van der Waals surface area contributed by atoms with Gasteiger partial charge < -0.3 is 64.5 Å². The zero-order valence-electron chi connectivity index (χ0n) is 19.2. The third-order valence-corrected chi connectivity index (χ3v) is 5.90.